The molecule has 0 aliphatic rings. The van der Waals surface area contributed by atoms with Gasteiger partial charge in [-0.05, 0) is 26.0 Å². The van der Waals surface area contributed by atoms with Crippen molar-refractivity contribution in [1.82, 2.24) is 10.6 Å². The Morgan fingerprint density at radius 1 is 1.37 bits per heavy atom. The van der Waals surface area contributed by atoms with Gasteiger partial charge in [0.25, 0.3) is 0 Å². The van der Waals surface area contributed by atoms with Gasteiger partial charge in [0.15, 0.2) is 5.96 Å². The van der Waals surface area contributed by atoms with Crippen LogP contribution in [0.4, 0.5) is 0 Å². The Hall–Kier alpha value is -1.97. The number of hydrogen-bond donors (Lipinski definition) is 2. The molecule has 4 nitrogen and oxygen atoms in total. The van der Waals surface area contributed by atoms with Crippen LogP contribution in [-0.2, 0) is 0 Å². The van der Waals surface area contributed by atoms with Crippen LogP contribution in [0.3, 0.4) is 0 Å². The van der Waals surface area contributed by atoms with E-state index in [1.54, 1.807) is 13.1 Å². The molecular weight excluding hydrogens is 238 g/mol. The van der Waals surface area contributed by atoms with Crippen LogP contribution in [0, 0.1) is 6.92 Å². The second-order valence-corrected chi connectivity index (χ2v) is 4.36. The lowest BCUT2D eigenvalue weighted by atomic mass is 10.2. The molecule has 0 saturated carbocycles. The summed E-state index contributed by atoms with van der Waals surface area (Å²) in [7, 11) is 1.74. The van der Waals surface area contributed by atoms with E-state index in [0.29, 0.717) is 13.1 Å². The van der Waals surface area contributed by atoms with Crippen LogP contribution in [0.25, 0.3) is 0 Å². The van der Waals surface area contributed by atoms with Crippen LogP contribution in [0.5, 0.6) is 5.75 Å². The standard InChI is InChI=1S/C15H23N3O/c1-5-10-17-15(16-4)18-11-13(3)19-14-8-6-12(2)7-9-14/h5-9,13H,1,10-11H2,2-4H3,(H2,16,17,18). The lowest BCUT2D eigenvalue weighted by molar-refractivity contribution is 0.224. The number of benzene rings is 1. The number of ether oxygens (including phenoxy) is 1. The Bertz CT molecular complexity index is 412. The van der Waals surface area contributed by atoms with E-state index in [-0.39, 0.29) is 6.10 Å². The minimum atomic E-state index is 0.0602. The van der Waals surface area contributed by atoms with Crippen LogP contribution in [0.1, 0.15) is 12.5 Å². The normalized spacial score (nSPS) is 12.7. The van der Waals surface area contributed by atoms with Crippen molar-refractivity contribution in [2.45, 2.75) is 20.0 Å². The van der Waals surface area contributed by atoms with Crippen LogP contribution in [0.2, 0.25) is 0 Å². The zero-order valence-electron chi connectivity index (χ0n) is 11.9. The van der Waals surface area contributed by atoms with Gasteiger partial charge in [-0.3, -0.25) is 4.99 Å². The minimum Gasteiger partial charge on any atom is -0.489 e. The Kier molecular flexibility index (Phi) is 6.50. The van der Waals surface area contributed by atoms with E-state index in [1.807, 2.05) is 31.2 Å². The van der Waals surface area contributed by atoms with Gasteiger partial charge in [-0.25, -0.2) is 0 Å². The van der Waals surface area contributed by atoms with Crippen molar-refractivity contribution in [2.24, 2.45) is 4.99 Å². The SMILES string of the molecule is C=CCNC(=NC)NCC(C)Oc1ccc(C)cc1. The molecule has 0 spiro atoms. The molecule has 1 unspecified atom stereocenters. The highest BCUT2D eigenvalue weighted by atomic mass is 16.5. The molecule has 0 amide bonds. The first-order valence-electron chi connectivity index (χ1n) is 6.44. The Labute approximate surface area is 115 Å². The van der Waals surface area contributed by atoms with E-state index in [4.69, 9.17) is 4.74 Å². The molecule has 0 aliphatic heterocycles. The summed E-state index contributed by atoms with van der Waals surface area (Å²) in [6.45, 7) is 9.11. The number of guanidine groups is 1. The number of nitrogens with zero attached hydrogens (tertiary/aromatic N) is 1. The van der Waals surface area contributed by atoms with Crippen molar-refractivity contribution in [3.8, 4) is 5.75 Å². The molecule has 0 aliphatic carbocycles. The van der Waals surface area contributed by atoms with E-state index < -0.39 is 0 Å². The number of nitrogens with one attached hydrogen (secondary N) is 2. The molecule has 1 atom stereocenters. The summed E-state index contributed by atoms with van der Waals surface area (Å²) >= 11 is 0. The van der Waals surface area contributed by atoms with Gasteiger partial charge in [0.05, 0.1) is 6.54 Å². The third-order valence-corrected chi connectivity index (χ3v) is 2.55. The molecule has 19 heavy (non-hydrogen) atoms. The molecule has 0 bridgehead atoms. The summed E-state index contributed by atoms with van der Waals surface area (Å²) in [4.78, 5) is 4.11. The van der Waals surface area contributed by atoms with Crippen LogP contribution in [-0.4, -0.2) is 32.2 Å². The zero-order valence-corrected chi connectivity index (χ0v) is 11.9. The molecule has 1 aromatic rings. The second kappa shape index (κ2) is 8.19. The van der Waals surface area contributed by atoms with Crippen LogP contribution < -0.4 is 15.4 Å². The Balaban J connectivity index is 2.36. The number of aryl methyl sites for hydroxylation is 1. The number of aliphatic imine (C=N–C) groups is 1. The fraction of sp³-hybridized carbons (Fsp3) is 0.400. The molecule has 104 valence electrons. The first-order valence-corrected chi connectivity index (χ1v) is 6.44. The van der Waals surface area contributed by atoms with Crippen molar-refractivity contribution >= 4 is 5.96 Å². The Morgan fingerprint density at radius 3 is 2.63 bits per heavy atom. The van der Waals surface area contributed by atoms with Gasteiger partial charge in [-0.15, -0.1) is 6.58 Å². The number of rotatable bonds is 6. The van der Waals surface area contributed by atoms with Crippen molar-refractivity contribution in [1.29, 1.82) is 0 Å². The van der Waals surface area contributed by atoms with E-state index >= 15 is 0 Å². The van der Waals surface area contributed by atoms with Gasteiger partial charge in [0.2, 0.25) is 0 Å². The molecule has 1 rings (SSSR count). The highest BCUT2D eigenvalue weighted by Crippen LogP contribution is 2.12. The average molecular weight is 261 g/mol. The fourth-order valence-electron chi connectivity index (χ4n) is 1.52. The molecule has 4 heteroatoms. The maximum absolute atomic E-state index is 5.80. The summed E-state index contributed by atoms with van der Waals surface area (Å²) in [5.41, 5.74) is 1.23. The first-order chi connectivity index (χ1) is 9.15. The highest BCUT2D eigenvalue weighted by molar-refractivity contribution is 5.79. The average Bonchev–Trinajstić information content (AvgIpc) is 2.42. The fourth-order valence-corrected chi connectivity index (χ4v) is 1.52. The maximum atomic E-state index is 5.80. The lowest BCUT2D eigenvalue weighted by Crippen LogP contribution is -2.41. The maximum Gasteiger partial charge on any atom is 0.191 e. The van der Waals surface area contributed by atoms with E-state index in [2.05, 4.69) is 29.1 Å². The third-order valence-electron chi connectivity index (χ3n) is 2.55. The van der Waals surface area contributed by atoms with E-state index in [9.17, 15) is 0 Å². The van der Waals surface area contributed by atoms with E-state index in [0.717, 1.165) is 11.7 Å². The summed E-state index contributed by atoms with van der Waals surface area (Å²) in [6, 6.07) is 8.05. The molecule has 2 N–H and O–H groups in total. The third kappa shape index (κ3) is 5.95. The monoisotopic (exact) mass is 261 g/mol. The van der Waals surface area contributed by atoms with Gasteiger partial charge in [0.1, 0.15) is 11.9 Å². The predicted octanol–water partition coefficient (Wildman–Crippen LogP) is 2.11. The van der Waals surface area contributed by atoms with E-state index in [1.165, 1.54) is 5.56 Å². The molecule has 0 radical (unpaired) electrons. The largest absolute Gasteiger partial charge is 0.489 e. The summed E-state index contributed by atoms with van der Waals surface area (Å²) in [5.74, 6) is 1.63. The molecular formula is C15H23N3O. The summed E-state index contributed by atoms with van der Waals surface area (Å²) in [5, 5.41) is 6.31. The molecule has 0 aromatic heterocycles. The van der Waals surface area contributed by atoms with Gasteiger partial charge < -0.3 is 15.4 Å². The van der Waals surface area contributed by atoms with Crippen molar-refractivity contribution in [3.63, 3.8) is 0 Å². The van der Waals surface area contributed by atoms with Crippen LogP contribution >= 0.6 is 0 Å². The summed E-state index contributed by atoms with van der Waals surface area (Å²) in [6.07, 6.45) is 1.85. The zero-order chi connectivity index (χ0) is 14.1. The topological polar surface area (TPSA) is 45.7 Å². The van der Waals surface area contributed by atoms with Crippen molar-refractivity contribution in [2.75, 3.05) is 20.1 Å². The number of hydrogen-bond acceptors (Lipinski definition) is 2. The van der Waals surface area contributed by atoms with Gasteiger partial charge in [0, 0.05) is 13.6 Å². The van der Waals surface area contributed by atoms with Crippen LogP contribution in [0.15, 0.2) is 41.9 Å². The molecule has 0 saturated heterocycles. The summed E-state index contributed by atoms with van der Waals surface area (Å²) < 4.78 is 5.80. The van der Waals surface area contributed by atoms with Crippen molar-refractivity contribution < 1.29 is 4.74 Å². The first kappa shape index (κ1) is 15.1. The molecule has 1 aromatic carbocycles. The van der Waals surface area contributed by atoms with Gasteiger partial charge in [-0.2, -0.15) is 0 Å². The molecule has 0 fully saturated rings. The van der Waals surface area contributed by atoms with Gasteiger partial charge in [-0.1, -0.05) is 23.8 Å². The Morgan fingerprint density at radius 2 is 2.05 bits per heavy atom. The molecule has 0 heterocycles. The highest BCUT2D eigenvalue weighted by Gasteiger charge is 2.05. The predicted molar refractivity (Wildman–Crippen MR) is 80.8 cm³/mol. The van der Waals surface area contributed by atoms with Crippen molar-refractivity contribution in [3.05, 3.63) is 42.5 Å². The quantitative estimate of drug-likeness (QED) is 0.468. The minimum absolute atomic E-state index is 0.0602. The lowest BCUT2D eigenvalue weighted by Gasteiger charge is -2.17. The van der Waals surface area contributed by atoms with Gasteiger partial charge >= 0.3 is 0 Å². The second-order valence-electron chi connectivity index (χ2n) is 4.36. The smallest absolute Gasteiger partial charge is 0.191 e.